The third-order valence-electron chi connectivity index (χ3n) is 3.22. The molecule has 6 heteroatoms. The Hall–Kier alpha value is -0.840. The normalized spacial score (nSPS) is 19.5. The van der Waals surface area contributed by atoms with Crippen LogP contribution in [0.2, 0.25) is 10.2 Å². The fraction of sp³-hybridized carbons (Fsp3) is 0.538. The second-order valence-electron chi connectivity index (χ2n) is 4.68. The summed E-state index contributed by atoms with van der Waals surface area (Å²) in [7, 11) is 1.68. The van der Waals surface area contributed by atoms with Gasteiger partial charge in [0, 0.05) is 20.2 Å². The molecule has 0 aromatic carbocycles. The number of carbonyl (C=O) groups excluding carboxylic acids is 1. The first kappa shape index (κ1) is 14.6. The Labute approximate surface area is 122 Å². The van der Waals surface area contributed by atoms with Gasteiger partial charge in [-0.15, -0.1) is 0 Å². The van der Waals surface area contributed by atoms with Gasteiger partial charge in [-0.1, -0.05) is 23.2 Å². The van der Waals surface area contributed by atoms with Gasteiger partial charge in [0.25, 0.3) is 5.91 Å². The van der Waals surface area contributed by atoms with Crippen molar-refractivity contribution in [1.29, 1.82) is 0 Å². The van der Waals surface area contributed by atoms with E-state index in [1.165, 1.54) is 0 Å². The van der Waals surface area contributed by atoms with Crippen LogP contribution in [0.3, 0.4) is 0 Å². The molecule has 1 atom stereocenters. The molecule has 2 heterocycles. The van der Waals surface area contributed by atoms with Gasteiger partial charge in [-0.3, -0.25) is 4.79 Å². The predicted octanol–water partition coefficient (Wildman–Crippen LogP) is 2.89. The second kappa shape index (κ2) is 6.55. The van der Waals surface area contributed by atoms with E-state index < -0.39 is 0 Å². The van der Waals surface area contributed by atoms with Gasteiger partial charge in [-0.25, -0.2) is 4.98 Å². The van der Waals surface area contributed by atoms with Gasteiger partial charge >= 0.3 is 0 Å². The third kappa shape index (κ3) is 3.59. The number of halogens is 2. The number of hydrogen-bond acceptors (Lipinski definition) is 3. The van der Waals surface area contributed by atoms with Crippen molar-refractivity contribution >= 4 is 29.1 Å². The molecule has 0 N–H and O–H groups in total. The van der Waals surface area contributed by atoms with E-state index in [4.69, 9.17) is 27.9 Å². The van der Waals surface area contributed by atoms with E-state index in [0.29, 0.717) is 24.1 Å². The molecule has 0 saturated carbocycles. The molecule has 1 aliphatic rings. The first-order valence-corrected chi connectivity index (χ1v) is 6.97. The lowest BCUT2D eigenvalue weighted by molar-refractivity contribution is 0.0566. The molecule has 1 amide bonds. The molecule has 0 radical (unpaired) electrons. The van der Waals surface area contributed by atoms with Gasteiger partial charge in [0.05, 0.1) is 11.6 Å². The Morgan fingerprint density at radius 3 is 3.05 bits per heavy atom. The van der Waals surface area contributed by atoms with Crippen LogP contribution in [-0.4, -0.2) is 42.6 Å². The molecule has 1 saturated heterocycles. The first-order chi connectivity index (χ1) is 9.11. The summed E-state index contributed by atoms with van der Waals surface area (Å²) in [6, 6.07) is 3.17. The molecule has 19 heavy (non-hydrogen) atoms. The predicted molar refractivity (Wildman–Crippen MR) is 74.8 cm³/mol. The van der Waals surface area contributed by atoms with Gasteiger partial charge < -0.3 is 9.64 Å². The third-order valence-corrected chi connectivity index (χ3v) is 3.74. The lowest BCUT2D eigenvalue weighted by Gasteiger charge is -2.32. The molecule has 104 valence electrons. The maximum absolute atomic E-state index is 12.4. The molecule has 0 bridgehead atoms. The smallest absolute Gasteiger partial charge is 0.274 e. The number of rotatable bonds is 3. The number of aromatic nitrogens is 1. The molecule has 4 nitrogen and oxygen atoms in total. The zero-order valence-corrected chi connectivity index (χ0v) is 12.2. The minimum Gasteiger partial charge on any atom is -0.384 e. The van der Waals surface area contributed by atoms with Crippen LogP contribution in [-0.2, 0) is 4.74 Å². The Balaban J connectivity index is 2.12. The van der Waals surface area contributed by atoms with Crippen LogP contribution in [0.5, 0.6) is 0 Å². The van der Waals surface area contributed by atoms with Gasteiger partial charge in [0.15, 0.2) is 0 Å². The van der Waals surface area contributed by atoms with Gasteiger partial charge in [-0.2, -0.15) is 0 Å². The summed E-state index contributed by atoms with van der Waals surface area (Å²) >= 11 is 11.8. The topological polar surface area (TPSA) is 42.4 Å². The Morgan fingerprint density at radius 2 is 2.32 bits per heavy atom. The minimum absolute atomic E-state index is 0.159. The number of ether oxygens (including phenoxy) is 1. The van der Waals surface area contributed by atoms with Crippen LogP contribution in [0.25, 0.3) is 0 Å². The van der Waals surface area contributed by atoms with Crippen molar-refractivity contribution in [3.8, 4) is 0 Å². The van der Waals surface area contributed by atoms with Gasteiger partial charge in [0.2, 0.25) is 0 Å². The lowest BCUT2D eigenvalue weighted by atomic mass is 9.98. The van der Waals surface area contributed by atoms with Crippen LogP contribution in [0, 0.1) is 5.92 Å². The zero-order chi connectivity index (χ0) is 13.8. The number of hydrogen-bond donors (Lipinski definition) is 0. The van der Waals surface area contributed by atoms with Gasteiger partial charge in [-0.05, 0) is 30.9 Å². The van der Waals surface area contributed by atoms with E-state index in [-0.39, 0.29) is 16.8 Å². The number of carbonyl (C=O) groups is 1. The van der Waals surface area contributed by atoms with Crippen molar-refractivity contribution in [3.63, 3.8) is 0 Å². The molecular formula is C13H16Cl2N2O2. The van der Waals surface area contributed by atoms with Crippen molar-refractivity contribution in [2.45, 2.75) is 12.8 Å². The number of amides is 1. The lowest BCUT2D eigenvalue weighted by Crippen LogP contribution is -2.41. The molecule has 2 rings (SSSR count). The highest BCUT2D eigenvalue weighted by atomic mass is 35.5. The highest BCUT2D eigenvalue weighted by Crippen LogP contribution is 2.22. The molecule has 1 aromatic rings. The average Bonchev–Trinajstić information content (AvgIpc) is 2.41. The van der Waals surface area contributed by atoms with Gasteiger partial charge in [0.1, 0.15) is 10.8 Å². The molecular weight excluding hydrogens is 287 g/mol. The number of nitrogens with zero attached hydrogens (tertiary/aromatic N) is 2. The summed E-state index contributed by atoms with van der Waals surface area (Å²) < 4.78 is 5.16. The zero-order valence-electron chi connectivity index (χ0n) is 10.7. The van der Waals surface area contributed by atoms with E-state index in [0.717, 1.165) is 19.4 Å². The summed E-state index contributed by atoms with van der Waals surface area (Å²) in [6.45, 7) is 2.07. The Morgan fingerprint density at radius 1 is 1.53 bits per heavy atom. The number of methoxy groups -OCH3 is 1. The van der Waals surface area contributed by atoms with E-state index in [1.807, 2.05) is 0 Å². The molecule has 0 aliphatic carbocycles. The van der Waals surface area contributed by atoms with Crippen molar-refractivity contribution in [1.82, 2.24) is 9.88 Å². The Bertz CT molecular complexity index is 466. The van der Waals surface area contributed by atoms with Crippen molar-refractivity contribution in [2.24, 2.45) is 5.92 Å². The summed E-state index contributed by atoms with van der Waals surface area (Å²) in [5, 5.41) is 0.612. The molecule has 1 aromatic heterocycles. The summed E-state index contributed by atoms with van der Waals surface area (Å²) in [5.74, 6) is 0.217. The quantitative estimate of drug-likeness (QED) is 0.806. The van der Waals surface area contributed by atoms with Crippen LogP contribution in [0.4, 0.5) is 0 Å². The maximum Gasteiger partial charge on any atom is 0.274 e. The molecule has 1 fully saturated rings. The second-order valence-corrected chi connectivity index (χ2v) is 5.47. The van der Waals surface area contributed by atoms with Crippen LogP contribution >= 0.6 is 23.2 Å². The fourth-order valence-electron chi connectivity index (χ4n) is 2.34. The Kier molecular flexibility index (Phi) is 5.02. The van der Waals surface area contributed by atoms with E-state index in [1.54, 1.807) is 24.1 Å². The van der Waals surface area contributed by atoms with E-state index in [9.17, 15) is 4.79 Å². The maximum atomic E-state index is 12.4. The monoisotopic (exact) mass is 302 g/mol. The van der Waals surface area contributed by atoms with E-state index in [2.05, 4.69) is 4.98 Å². The standard InChI is InChI=1S/C13H16Cl2N2O2/c1-19-8-9-3-2-6-17(7-9)13(18)12-10(14)4-5-11(15)16-12/h4-5,9H,2-3,6-8H2,1H3. The SMILES string of the molecule is COCC1CCCN(C(=O)c2nc(Cl)ccc2Cl)C1. The fourth-order valence-corrected chi connectivity index (χ4v) is 2.67. The molecule has 1 aliphatic heterocycles. The summed E-state index contributed by atoms with van der Waals surface area (Å²) in [4.78, 5) is 18.2. The number of piperidine rings is 1. The molecule has 0 spiro atoms. The van der Waals surface area contributed by atoms with Crippen LogP contribution in [0.15, 0.2) is 12.1 Å². The summed E-state index contributed by atoms with van der Waals surface area (Å²) in [6.07, 6.45) is 2.05. The van der Waals surface area contributed by atoms with Crippen molar-refractivity contribution < 1.29 is 9.53 Å². The van der Waals surface area contributed by atoms with Crippen molar-refractivity contribution in [3.05, 3.63) is 28.0 Å². The number of likely N-dealkylation sites (tertiary alicyclic amines) is 1. The summed E-state index contributed by atoms with van der Waals surface area (Å²) in [5.41, 5.74) is 0.229. The highest BCUT2D eigenvalue weighted by Gasteiger charge is 2.26. The highest BCUT2D eigenvalue weighted by molar-refractivity contribution is 6.34. The van der Waals surface area contributed by atoms with Crippen LogP contribution in [0.1, 0.15) is 23.3 Å². The average molecular weight is 303 g/mol. The molecule has 1 unspecified atom stereocenters. The van der Waals surface area contributed by atoms with Crippen LogP contribution < -0.4 is 0 Å². The van der Waals surface area contributed by atoms with E-state index >= 15 is 0 Å². The number of pyridine rings is 1. The largest absolute Gasteiger partial charge is 0.384 e. The minimum atomic E-state index is -0.159. The first-order valence-electron chi connectivity index (χ1n) is 6.22. The van der Waals surface area contributed by atoms with Crippen molar-refractivity contribution in [2.75, 3.05) is 26.8 Å².